The summed E-state index contributed by atoms with van der Waals surface area (Å²) in [6.45, 7) is 3.54. The predicted octanol–water partition coefficient (Wildman–Crippen LogP) is 4.90. The molecule has 1 aromatic carbocycles. The van der Waals surface area contributed by atoms with E-state index >= 15 is 0 Å². The van der Waals surface area contributed by atoms with Gasteiger partial charge in [-0.3, -0.25) is 4.98 Å². The Morgan fingerprint density at radius 3 is 2.88 bits per heavy atom. The maximum absolute atomic E-state index is 6.11. The number of benzene rings is 1. The second-order valence-corrected chi connectivity index (χ2v) is 7.00. The van der Waals surface area contributed by atoms with E-state index in [4.69, 9.17) is 25.7 Å². The van der Waals surface area contributed by atoms with Crippen molar-refractivity contribution in [2.45, 2.75) is 19.3 Å². The van der Waals surface area contributed by atoms with Crippen molar-refractivity contribution in [3.8, 4) is 11.5 Å². The number of rotatable bonds is 2. The minimum absolute atomic E-state index is 0.434. The topological polar surface area (TPSA) is 61.0 Å². The molecule has 1 atom stereocenters. The highest BCUT2D eigenvalue weighted by Crippen LogP contribution is 2.33. The highest BCUT2D eigenvalue weighted by Gasteiger charge is 2.20. The molecule has 1 saturated heterocycles. The maximum atomic E-state index is 6.11. The Hall–Kier alpha value is -2.50. The molecule has 1 unspecified atom stereocenters. The SMILES string of the molecule is Cc1ncc(-c2nc3cc(C4CCOC4)ccc3o2)c2cc(Cl)ncc12. The van der Waals surface area contributed by atoms with Gasteiger partial charge < -0.3 is 9.15 Å². The number of hydrogen-bond acceptors (Lipinski definition) is 5. The van der Waals surface area contributed by atoms with E-state index in [1.54, 1.807) is 12.4 Å². The van der Waals surface area contributed by atoms with Crippen LogP contribution in [0.15, 0.2) is 41.1 Å². The molecule has 6 heteroatoms. The van der Waals surface area contributed by atoms with E-state index in [2.05, 4.69) is 22.1 Å². The second kappa shape index (κ2) is 6.04. The fraction of sp³-hybridized carbons (Fsp3) is 0.250. The average molecular weight is 366 g/mol. The fourth-order valence-corrected chi connectivity index (χ4v) is 3.68. The van der Waals surface area contributed by atoms with Crippen LogP contribution in [0.1, 0.15) is 23.6 Å². The molecule has 1 aliphatic rings. The first-order chi connectivity index (χ1) is 12.7. The third-order valence-electron chi connectivity index (χ3n) is 4.98. The molecule has 3 aromatic heterocycles. The van der Waals surface area contributed by atoms with Crippen LogP contribution in [0.3, 0.4) is 0 Å². The quantitative estimate of drug-likeness (QED) is 0.472. The molecule has 1 fully saturated rings. The number of halogens is 1. The zero-order valence-corrected chi connectivity index (χ0v) is 15.0. The van der Waals surface area contributed by atoms with Gasteiger partial charge >= 0.3 is 0 Å². The molecule has 4 aromatic rings. The Morgan fingerprint density at radius 1 is 1.12 bits per heavy atom. The summed E-state index contributed by atoms with van der Waals surface area (Å²) in [5, 5.41) is 2.32. The van der Waals surface area contributed by atoms with Gasteiger partial charge in [0.05, 0.1) is 12.2 Å². The fourth-order valence-electron chi connectivity index (χ4n) is 3.52. The summed E-state index contributed by atoms with van der Waals surface area (Å²) in [6.07, 6.45) is 4.57. The Labute approximate surface area is 155 Å². The lowest BCUT2D eigenvalue weighted by Gasteiger charge is -2.06. The first-order valence-corrected chi connectivity index (χ1v) is 8.96. The number of nitrogens with zero attached hydrogens (tertiary/aromatic N) is 3. The molecule has 26 heavy (non-hydrogen) atoms. The highest BCUT2D eigenvalue weighted by atomic mass is 35.5. The van der Waals surface area contributed by atoms with Gasteiger partial charge in [0, 0.05) is 41.4 Å². The Morgan fingerprint density at radius 2 is 2.04 bits per heavy atom. The lowest BCUT2D eigenvalue weighted by atomic mass is 9.98. The number of fused-ring (bicyclic) bond motifs is 2. The van der Waals surface area contributed by atoms with Crippen molar-refractivity contribution in [3.05, 3.63) is 53.1 Å². The molecule has 0 N–H and O–H groups in total. The molecule has 0 radical (unpaired) electrons. The van der Waals surface area contributed by atoms with Crippen LogP contribution in [-0.2, 0) is 4.74 Å². The van der Waals surface area contributed by atoms with Crippen molar-refractivity contribution >= 4 is 33.5 Å². The van der Waals surface area contributed by atoms with Crippen LogP contribution in [0.5, 0.6) is 0 Å². The van der Waals surface area contributed by atoms with Gasteiger partial charge in [0.25, 0.3) is 0 Å². The Kier molecular flexibility index (Phi) is 3.65. The maximum Gasteiger partial charge on any atom is 0.229 e. The smallest absolute Gasteiger partial charge is 0.229 e. The molecule has 1 aliphatic heterocycles. The van der Waals surface area contributed by atoms with Crippen LogP contribution in [-0.4, -0.2) is 28.2 Å². The van der Waals surface area contributed by atoms with Crippen molar-refractivity contribution in [1.82, 2.24) is 15.0 Å². The number of aryl methyl sites for hydroxylation is 1. The van der Waals surface area contributed by atoms with Crippen LogP contribution in [0.25, 0.3) is 33.3 Å². The van der Waals surface area contributed by atoms with E-state index in [0.29, 0.717) is 17.0 Å². The summed E-state index contributed by atoms with van der Waals surface area (Å²) in [6, 6.07) is 8.01. The summed E-state index contributed by atoms with van der Waals surface area (Å²) in [5.41, 5.74) is 4.56. The monoisotopic (exact) mass is 365 g/mol. The Balaban J connectivity index is 1.66. The molecule has 4 heterocycles. The lowest BCUT2D eigenvalue weighted by molar-refractivity contribution is 0.194. The largest absolute Gasteiger partial charge is 0.436 e. The number of ether oxygens (including phenoxy) is 1. The molecule has 130 valence electrons. The second-order valence-electron chi connectivity index (χ2n) is 6.62. The Bertz CT molecular complexity index is 1130. The number of pyridine rings is 2. The van der Waals surface area contributed by atoms with Crippen molar-refractivity contribution in [2.24, 2.45) is 0 Å². The summed E-state index contributed by atoms with van der Waals surface area (Å²) in [5.74, 6) is 0.978. The summed E-state index contributed by atoms with van der Waals surface area (Å²) >= 11 is 6.11. The molecule has 0 bridgehead atoms. The molecular weight excluding hydrogens is 350 g/mol. The van der Waals surface area contributed by atoms with Gasteiger partial charge in [0.15, 0.2) is 5.58 Å². The molecule has 0 spiro atoms. The molecule has 5 rings (SSSR count). The first kappa shape index (κ1) is 15.7. The van der Waals surface area contributed by atoms with Crippen LogP contribution in [0.2, 0.25) is 5.15 Å². The van der Waals surface area contributed by atoms with E-state index in [9.17, 15) is 0 Å². The zero-order valence-electron chi connectivity index (χ0n) is 14.2. The van der Waals surface area contributed by atoms with Gasteiger partial charge in [-0.05, 0) is 37.1 Å². The van der Waals surface area contributed by atoms with Crippen LogP contribution in [0.4, 0.5) is 0 Å². The minimum atomic E-state index is 0.434. The standard InChI is InChI=1S/C20H16ClN3O2/c1-11-15-8-23-19(21)7-14(15)16(9-22-11)20-24-17-6-12(2-3-18(17)26-20)13-4-5-25-10-13/h2-3,6-9,13H,4-5,10H2,1H3. The van der Waals surface area contributed by atoms with E-state index in [1.165, 1.54) is 5.56 Å². The minimum Gasteiger partial charge on any atom is -0.436 e. The summed E-state index contributed by atoms with van der Waals surface area (Å²) < 4.78 is 11.5. The first-order valence-electron chi connectivity index (χ1n) is 8.58. The third-order valence-corrected chi connectivity index (χ3v) is 5.19. The third kappa shape index (κ3) is 2.55. The van der Waals surface area contributed by atoms with Gasteiger partial charge in [-0.1, -0.05) is 17.7 Å². The highest BCUT2D eigenvalue weighted by molar-refractivity contribution is 6.30. The molecular formula is C20H16ClN3O2. The van der Waals surface area contributed by atoms with Crippen molar-refractivity contribution < 1.29 is 9.15 Å². The van der Waals surface area contributed by atoms with Gasteiger partial charge in [-0.2, -0.15) is 0 Å². The van der Waals surface area contributed by atoms with Gasteiger partial charge in [0.1, 0.15) is 10.7 Å². The normalized spacial score (nSPS) is 17.4. The van der Waals surface area contributed by atoms with Crippen LogP contribution >= 0.6 is 11.6 Å². The summed E-state index contributed by atoms with van der Waals surface area (Å²) in [7, 11) is 0. The lowest BCUT2D eigenvalue weighted by Crippen LogP contribution is -1.96. The molecule has 0 aliphatic carbocycles. The van der Waals surface area contributed by atoms with E-state index < -0.39 is 0 Å². The molecule has 5 nitrogen and oxygen atoms in total. The van der Waals surface area contributed by atoms with Gasteiger partial charge in [-0.15, -0.1) is 0 Å². The van der Waals surface area contributed by atoms with Gasteiger partial charge in [0.2, 0.25) is 5.89 Å². The predicted molar refractivity (Wildman–Crippen MR) is 100 cm³/mol. The average Bonchev–Trinajstić information content (AvgIpc) is 3.31. The number of aromatic nitrogens is 3. The van der Waals surface area contributed by atoms with Crippen LogP contribution in [0, 0.1) is 6.92 Å². The van der Waals surface area contributed by atoms with Crippen molar-refractivity contribution in [2.75, 3.05) is 13.2 Å². The summed E-state index contributed by atoms with van der Waals surface area (Å²) in [4.78, 5) is 13.3. The van der Waals surface area contributed by atoms with Gasteiger partial charge in [-0.25, -0.2) is 9.97 Å². The van der Waals surface area contributed by atoms with E-state index in [0.717, 1.165) is 52.8 Å². The van der Waals surface area contributed by atoms with Crippen molar-refractivity contribution in [1.29, 1.82) is 0 Å². The number of hydrogen-bond donors (Lipinski definition) is 0. The molecule has 0 amide bonds. The van der Waals surface area contributed by atoms with Crippen molar-refractivity contribution in [3.63, 3.8) is 0 Å². The zero-order chi connectivity index (χ0) is 17.7. The van der Waals surface area contributed by atoms with E-state index in [1.807, 2.05) is 19.1 Å². The molecule has 0 saturated carbocycles. The van der Waals surface area contributed by atoms with E-state index in [-0.39, 0.29) is 0 Å². The van der Waals surface area contributed by atoms with Crippen LogP contribution < -0.4 is 0 Å². The number of oxazole rings is 1.